The van der Waals surface area contributed by atoms with Gasteiger partial charge in [0.15, 0.2) is 5.76 Å². The zero-order chi connectivity index (χ0) is 17.0. The van der Waals surface area contributed by atoms with Crippen LogP contribution >= 0.6 is 0 Å². The van der Waals surface area contributed by atoms with Crippen LogP contribution in [-0.4, -0.2) is 60.5 Å². The SMILES string of the molecule is CN(CC(=O)c1ccco1)CC1CCN(C(=O)OC(C)(C)C)C1. The van der Waals surface area contributed by atoms with E-state index in [0.717, 1.165) is 13.0 Å². The van der Waals surface area contributed by atoms with Gasteiger partial charge in [0.2, 0.25) is 5.78 Å². The highest BCUT2D eigenvalue weighted by Gasteiger charge is 2.30. The number of Topliss-reactive ketones (excluding diaryl/α,β-unsaturated/α-hetero) is 1. The van der Waals surface area contributed by atoms with Crippen molar-refractivity contribution in [2.45, 2.75) is 32.8 Å². The first kappa shape index (κ1) is 17.5. The second-order valence-corrected chi connectivity index (χ2v) is 7.18. The van der Waals surface area contributed by atoms with E-state index in [1.807, 2.05) is 32.7 Å². The number of ether oxygens (including phenoxy) is 1. The Morgan fingerprint density at radius 2 is 2.17 bits per heavy atom. The van der Waals surface area contributed by atoms with Crippen LogP contribution in [0.4, 0.5) is 4.79 Å². The highest BCUT2D eigenvalue weighted by Crippen LogP contribution is 2.20. The van der Waals surface area contributed by atoms with Crippen molar-refractivity contribution < 1.29 is 18.7 Å². The molecule has 1 unspecified atom stereocenters. The summed E-state index contributed by atoms with van der Waals surface area (Å²) in [5, 5.41) is 0. The smallest absolute Gasteiger partial charge is 0.410 e. The Hall–Kier alpha value is -1.82. The molecule has 2 rings (SSSR count). The Balaban J connectivity index is 1.76. The molecular formula is C17H26N2O4. The van der Waals surface area contributed by atoms with Crippen LogP contribution in [0.5, 0.6) is 0 Å². The number of carbonyl (C=O) groups excluding carboxylic acids is 2. The molecule has 0 aliphatic carbocycles. The Morgan fingerprint density at radius 1 is 1.43 bits per heavy atom. The molecule has 0 spiro atoms. The van der Waals surface area contributed by atoms with Gasteiger partial charge in [-0.25, -0.2) is 4.79 Å². The van der Waals surface area contributed by atoms with Gasteiger partial charge >= 0.3 is 6.09 Å². The maximum Gasteiger partial charge on any atom is 0.410 e. The predicted molar refractivity (Wildman–Crippen MR) is 86.4 cm³/mol. The molecule has 6 nitrogen and oxygen atoms in total. The highest BCUT2D eigenvalue weighted by molar-refractivity contribution is 5.94. The van der Waals surface area contributed by atoms with E-state index in [1.54, 1.807) is 17.0 Å². The minimum atomic E-state index is -0.471. The van der Waals surface area contributed by atoms with Crippen LogP contribution in [0.15, 0.2) is 22.8 Å². The van der Waals surface area contributed by atoms with E-state index in [-0.39, 0.29) is 11.9 Å². The van der Waals surface area contributed by atoms with Gasteiger partial charge in [0.05, 0.1) is 12.8 Å². The maximum absolute atomic E-state index is 12.0. The standard InChI is InChI=1S/C17H26N2O4/c1-17(2,3)23-16(21)19-8-7-13(11-19)10-18(4)12-14(20)15-6-5-9-22-15/h5-6,9,13H,7-8,10-12H2,1-4H3. The van der Waals surface area contributed by atoms with E-state index >= 15 is 0 Å². The summed E-state index contributed by atoms with van der Waals surface area (Å²) < 4.78 is 10.5. The number of furan rings is 1. The Labute approximate surface area is 137 Å². The Kier molecular flexibility index (Phi) is 5.46. The molecular weight excluding hydrogens is 296 g/mol. The van der Waals surface area contributed by atoms with Gasteiger partial charge in [-0.1, -0.05) is 0 Å². The van der Waals surface area contributed by atoms with Crippen molar-refractivity contribution >= 4 is 11.9 Å². The third kappa shape index (κ3) is 5.39. The number of nitrogens with zero attached hydrogens (tertiary/aromatic N) is 2. The van der Waals surface area contributed by atoms with Crippen LogP contribution in [-0.2, 0) is 4.74 Å². The predicted octanol–water partition coefficient (Wildman–Crippen LogP) is 2.65. The first-order valence-electron chi connectivity index (χ1n) is 7.98. The number of rotatable bonds is 5. The van der Waals surface area contributed by atoms with Gasteiger partial charge in [0, 0.05) is 19.6 Å². The summed E-state index contributed by atoms with van der Waals surface area (Å²) in [5.74, 6) is 0.718. The van der Waals surface area contributed by atoms with Gasteiger partial charge in [0.1, 0.15) is 5.60 Å². The van der Waals surface area contributed by atoms with Crippen molar-refractivity contribution in [3.8, 4) is 0 Å². The van der Waals surface area contributed by atoms with Crippen LogP contribution in [0.3, 0.4) is 0 Å². The summed E-state index contributed by atoms with van der Waals surface area (Å²) in [6.45, 7) is 8.07. The lowest BCUT2D eigenvalue weighted by molar-refractivity contribution is 0.0285. The van der Waals surface area contributed by atoms with Crippen LogP contribution in [0.1, 0.15) is 37.7 Å². The lowest BCUT2D eigenvalue weighted by atomic mass is 10.1. The molecule has 1 aromatic rings. The number of ketones is 1. The number of likely N-dealkylation sites (N-methyl/N-ethyl adjacent to an activating group) is 1. The zero-order valence-electron chi connectivity index (χ0n) is 14.4. The normalized spacial score (nSPS) is 18.5. The molecule has 0 aromatic carbocycles. The van der Waals surface area contributed by atoms with Crippen LogP contribution in [0, 0.1) is 5.92 Å². The molecule has 1 aliphatic rings. The monoisotopic (exact) mass is 322 g/mol. The van der Waals surface area contributed by atoms with Gasteiger partial charge in [-0.2, -0.15) is 0 Å². The first-order chi connectivity index (χ1) is 10.7. The molecule has 1 atom stereocenters. The van der Waals surface area contributed by atoms with Crippen molar-refractivity contribution in [3.63, 3.8) is 0 Å². The molecule has 128 valence electrons. The van der Waals surface area contributed by atoms with Gasteiger partial charge in [-0.3, -0.25) is 9.69 Å². The molecule has 1 aliphatic heterocycles. The summed E-state index contributed by atoms with van der Waals surface area (Å²) in [5.41, 5.74) is -0.471. The molecule has 23 heavy (non-hydrogen) atoms. The van der Waals surface area contributed by atoms with Crippen LogP contribution in [0.2, 0.25) is 0 Å². The van der Waals surface area contributed by atoms with E-state index in [4.69, 9.17) is 9.15 Å². The molecule has 1 aromatic heterocycles. The lowest BCUT2D eigenvalue weighted by Crippen LogP contribution is -2.36. The fourth-order valence-corrected chi connectivity index (χ4v) is 2.74. The molecule has 1 amide bonds. The number of hydrogen-bond acceptors (Lipinski definition) is 5. The molecule has 0 N–H and O–H groups in total. The fourth-order valence-electron chi connectivity index (χ4n) is 2.74. The van der Waals surface area contributed by atoms with E-state index in [0.29, 0.717) is 31.3 Å². The molecule has 0 saturated carbocycles. The maximum atomic E-state index is 12.0. The number of hydrogen-bond donors (Lipinski definition) is 0. The molecule has 1 fully saturated rings. The van der Waals surface area contributed by atoms with Gasteiger partial charge < -0.3 is 14.1 Å². The molecule has 6 heteroatoms. The quantitative estimate of drug-likeness (QED) is 0.780. The number of likely N-dealkylation sites (tertiary alicyclic amines) is 1. The second kappa shape index (κ2) is 7.17. The topological polar surface area (TPSA) is 63.0 Å². The third-order valence-electron chi connectivity index (χ3n) is 3.72. The van der Waals surface area contributed by atoms with Crippen LogP contribution in [0.25, 0.3) is 0 Å². The summed E-state index contributed by atoms with van der Waals surface area (Å²) in [7, 11) is 1.91. The van der Waals surface area contributed by atoms with Crippen molar-refractivity contribution in [3.05, 3.63) is 24.2 Å². The van der Waals surface area contributed by atoms with Crippen molar-refractivity contribution in [1.29, 1.82) is 0 Å². The van der Waals surface area contributed by atoms with Crippen molar-refractivity contribution in [1.82, 2.24) is 9.80 Å². The molecule has 0 radical (unpaired) electrons. The molecule has 1 saturated heterocycles. The van der Waals surface area contributed by atoms with Gasteiger partial charge in [0.25, 0.3) is 0 Å². The zero-order valence-corrected chi connectivity index (χ0v) is 14.4. The Morgan fingerprint density at radius 3 is 2.78 bits per heavy atom. The lowest BCUT2D eigenvalue weighted by Gasteiger charge is -2.25. The largest absolute Gasteiger partial charge is 0.461 e. The minimum Gasteiger partial charge on any atom is -0.461 e. The van der Waals surface area contributed by atoms with Gasteiger partial charge in [-0.15, -0.1) is 0 Å². The average Bonchev–Trinajstić information content (AvgIpc) is 3.07. The number of carbonyl (C=O) groups is 2. The summed E-state index contributed by atoms with van der Waals surface area (Å²) in [6.07, 6.45) is 2.18. The minimum absolute atomic E-state index is 0.0282. The van der Waals surface area contributed by atoms with E-state index in [9.17, 15) is 9.59 Å². The molecule has 2 heterocycles. The second-order valence-electron chi connectivity index (χ2n) is 7.18. The van der Waals surface area contributed by atoms with Gasteiger partial charge in [-0.05, 0) is 52.3 Å². The van der Waals surface area contributed by atoms with E-state index in [2.05, 4.69) is 0 Å². The van der Waals surface area contributed by atoms with Crippen molar-refractivity contribution in [2.24, 2.45) is 5.92 Å². The summed E-state index contributed by atoms with van der Waals surface area (Å²) in [4.78, 5) is 27.8. The Bertz CT molecular complexity index is 533. The molecule has 0 bridgehead atoms. The van der Waals surface area contributed by atoms with E-state index < -0.39 is 5.60 Å². The van der Waals surface area contributed by atoms with E-state index in [1.165, 1.54) is 6.26 Å². The van der Waals surface area contributed by atoms with Crippen LogP contribution < -0.4 is 0 Å². The highest BCUT2D eigenvalue weighted by atomic mass is 16.6. The number of amides is 1. The fraction of sp³-hybridized carbons (Fsp3) is 0.647. The average molecular weight is 322 g/mol. The third-order valence-corrected chi connectivity index (χ3v) is 3.72. The summed E-state index contributed by atoms with van der Waals surface area (Å²) in [6, 6.07) is 3.39. The van der Waals surface area contributed by atoms with Crippen molar-refractivity contribution in [2.75, 3.05) is 33.2 Å². The first-order valence-corrected chi connectivity index (χ1v) is 7.98. The summed E-state index contributed by atoms with van der Waals surface area (Å²) >= 11 is 0.